The van der Waals surface area contributed by atoms with Crippen LogP contribution in [0.1, 0.15) is 5.56 Å². The third kappa shape index (κ3) is 5.96. The van der Waals surface area contributed by atoms with Crippen LogP contribution >= 0.6 is 0 Å². The lowest BCUT2D eigenvalue weighted by atomic mass is 9.95. The Morgan fingerprint density at radius 2 is 1.00 bits per heavy atom. The number of esters is 2. The summed E-state index contributed by atoms with van der Waals surface area (Å²) in [5.41, 5.74) is 0.582. The first kappa shape index (κ1) is 22.9. The van der Waals surface area contributed by atoms with Crippen LogP contribution in [0.2, 0.25) is 0 Å². The lowest BCUT2D eigenvalue weighted by Crippen LogP contribution is -2.22. The summed E-state index contributed by atoms with van der Waals surface area (Å²) in [6.45, 7) is 2.04. The van der Waals surface area contributed by atoms with Crippen molar-refractivity contribution in [3.63, 3.8) is 0 Å². The fourth-order valence-electron chi connectivity index (χ4n) is 3.63. The number of ether oxygens (including phenoxy) is 5. The molecule has 0 N–H and O–H groups in total. The van der Waals surface area contributed by atoms with Crippen LogP contribution in [0.4, 0.5) is 0 Å². The lowest BCUT2D eigenvalue weighted by Gasteiger charge is -2.13. The van der Waals surface area contributed by atoms with E-state index in [4.69, 9.17) is 23.7 Å². The highest BCUT2D eigenvalue weighted by atomic mass is 16.6. The number of fused-ring (bicyclic) bond motifs is 2. The minimum Gasteiger partial charge on any atom is -0.459 e. The second-order valence-corrected chi connectivity index (χ2v) is 7.40. The summed E-state index contributed by atoms with van der Waals surface area (Å²) in [7, 11) is 0. The topological polar surface area (TPSA) is 80.3 Å². The predicted molar refractivity (Wildman–Crippen MR) is 124 cm³/mol. The number of cyclic esters (lactones) is 2. The summed E-state index contributed by atoms with van der Waals surface area (Å²) >= 11 is 0. The van der Waals surface area contributed by atoms with Gasteiger partial charge in [-0.25, -0.2) is 9.59 Å². The first-order valence-electron chi connectivity index (χ1n) is 10.9. The highest BCUT2D eigenvalue weighted by Crippen LogP contribution is 2.30. The maximum Gasteiger partial charge on any atom is 0.345 e. The van der Waals surface area contributed by atoms with E-state index in [0.717, 1.165) is 27.1 Å². The van der Waals surface area contributed by atoms with Crippen molar-refractivity contribution in [1.82, 2.24) is 0 Å². The molecule has 0 amide bonds. The van der Waals surface area contributed by atoms with Crippen molar-refractivity contribution in [2.75, 3.05) is 52.9 Å². The molecule has 33 heavy (non-hydrogen) atoms. The second kappa shape index (κ2) is 11.6. The number of hydrogen-bond donors (Lipinski definition) is 0. The van der Waals surface area contributed by atoms with Crippen LogP contribution in [0.5, 0.6) is 0 Å². The normalized spacial score (nSPS) is 17.5. The summed E-state index contributed by atoms with van der Waals surface area (Å²) in [6, 6.07) is 17.8. The van der Waals surface area contributed by atoms with E-state index >= 15 is 0 Å². The van der Waals surface area contributed by atoms with Crippen molar-refractivity contribution >= 4 is 39.6 Å². The summed E-state index contributed by atoms with van der Waals surface area (Å²) in [6.07, 6.45) is 1.56. The van der Waals surface area contributed by atoms with Gasteiger partial charge < -0.3 is 23.7 Å². The quantitative estimate of drug-likeness (QED) is 0.243. The van der Waals surface area contributed by atoms with Gasteiger partial charge >= 0.3 is 11.9 Å². The molecular weight excluding hydrogens is 424 g/mol. The van der Waals surface area contributed by atoms with Crippen molar-refractivity contribution in [1.29, 1.82) is 0 Å². The van der Waals surface area contributed by atoms with Crippen molar-refractivity contribution < 1.29 is 33.3 Å². The zero-order valence-corrected chi connectivity index (χ0v) is 18.3. The monoisotopic (exact) mass is 450 g/mol. The molecule has 0 aromatic heterocycles. The highest BCUT2D eigenvalue weighted by Gasteiger charge is 2.23. The molecule has 3 aromatic carbocycles. The molecule has 1 fully saturated rings. The third-order valence-electron chi connectivity index (χ3n) is 5.21. The van der Waals surface area contributed by atoms with E-state index in [1.807, 2.05) is 48.5 Å². The Balaban J connectivity index is 1.70. The Labute approximate surface area is 191 Å². The molecule has 0 spiro atoms. The maximum atomic E-state index is 12.9. The number of carbonyl (C=O) groups excluding carboxylic acids is 2. The van der Waals surface area contributed by atoms with Gasteiger partial charge in [0.25, 0.3) is 0 Å². The fraction of sp³-hybridized carbons (Fsp3) is 0.308. The van der Waals surface area contributed by atoms with E-state index < -0.39 is 11.9 Å². The van der Waals surface area contributed by atoms with Gasteiger partial charge in [0.1, 0.15) is 18.8 Å². The SMILES string of the molecule is O=C1OCCOCCOCCOCCOC(=O)C1=Cc1c2ccccc2cc2ccccc12. The van der Waals surface area contributed by atoms with E-state index in [1.54, 1.807) is 6.08 Å². The average molecular weight is 450 g/mol. The van der Waals surface area contributed by atoms with Crippen LogP contribution in [-0.4, -0.2) is 64.8 Å². The molecule has 0 radical (unpaired) electrons. The van der Waals surface area contributed by atoms with E-state index in [0.29, 0.717) is 26.4 Å². The second-order valence-electron chi connectivity index (χ2n) is 7.40. The zero-order valence-electron chi connectivity index (χ0n) is 18.3. The molecule has 1 saturated heterocycles. The van der Waals surface area contributed by atoms with E-state index in [1.165, 1.54) is 0 Å². The van der Waals surface area contributed by atoms with Gasteiger partial charge in [0.15, 0.2) is 0 Å². The molecule has 1 aliphatic heterocycles. The largest absolute Gasteiger partial charge is 0.459 e. The van der Waals surface area contributed by atoms with Crippen LogP contribution in [-0.2, 0) is 33.3 Å². The zero-order chi connectivity index (χ0) is 22.9. The first-order chi connectivity index (χ1) is 16.2. The molecule has 0 bridgehead atoms. The fourth-order valence-corrected chi connectivity index (χ4v) is 3.63. The van der Waals surface area contributed by atoms with Crippen LogP contribution in [0.25, 0.3) is 27.6 Å². The molecule has 1 heterocycles. The van der Waals surface area contributed by atoms with Crippen molar-refractivity contribution in [3.05, 3.63) is 65.7 Å². The summed E-state index contributed by atoms with van der Waals surface area (Å²) in [5.74, 6) is -1.52. The maximum absolute atomic E-state index is 12.9. The van der Waals surface area contributed by atoms with Crippen molar-refractivity contribution in [2.24, 2.45) is 0 Å². The molecule has 7 nitrogen and oxygen atoms in total. The third-order valence-corrected chi connectivity index (χ3v) is 5.21. The van der Waals surface area contributed by atoms with Gasteiger partial charge in [-0.2, -0.15) is 0 Å². The smallest absolute Gasteiger partial charge is 0.345 e. The molecule has 4 rings (SSSR count). The molecule has 0 aliphatic carbocycles. The van der Waals surface area contributed by atoms with E-state index in [2.05, 4.69) is 6.07 Å². The molecule has 7 heteroatoms. The summed E-state index contributed by atoms with van der Waals surface area (Å²) in [5, 5.41) is 3.84. The van der Waals surface area contributed by atoms with Gasteiger partial charge in [0, 0.05) is 0 Å². The molecule has 0 atom stereocenters. The number of carbonyl (C=O) groups is 2. The molecule has 1 aliphatic rings. The van der Waals surface area contributed by atoms with Crippen molar-refractivity contribution in [2.45, 2.75) is 0 Å². The van der Waals surface area contributed by atoms with Gasteiger partial charge in [0.2, 0.25) is 0 Å². The standard InChI is InChI=1S/C26H26O7/c27-25-24(26(28)33-16-14-31-12-10-29-9-11-30-13-15-32-25)18-23-21-7-3-1-5-19(21)17-20-6-2-4-8-22(20)23/h1-8,17-18H,9-16H2. The van der Waals surface area contributed by atoms with Gasteiger partial charge in [-0.15, -0.1) is 0 Å². The number of rotatable bonds is 1. The Bertz CT molecular complexity index is 1070. The van der Waals surface area contributed by atoms with Gasteiger partial charge in [0.05, 0.1) is 39.6 Å². The molecule has 0 unspecified atom stereocenters. The van der Waals surface area contributed by atoms with Gasteiger partial charge in [-0.3, -0.25) is 0 Å². The summed E-state index contributed by atoms with van der Waals surface area (Å²) < 4.78 is 26.8. The van der Waals surface area contributed by atoms with Gasteiger partial charge in [-0.05, 0) is 39.3 Å². The number of hydrogen-bond acceptors (Lipinski definition) is 7. The molecule has 0 saturated carbocycles. The Kier molecular flexibility index (Phi) is 8.03. The Hall–Kier alpha value is -3.26. The van der Waals surface area contributed by atoms with Crippen molar-refractivity contribution in [3.8, 4) is 0 Å². The van der Waals surface area contributed by atoms with E-state index in [-0.39, 0.29) is 32.0 Å². The van der Waals surface area contributed by atoms with Gasteiger partial charge in [-0.1, -0.05) is 48.5 Å². The minimum absolute atomic E-state index is 0.0167. The van der Waals surface area contributed by atoms with E-state index in [9.17, 15) is 9.59 Å². The average Bonchev–Trinajstić information content (AvgIpc) is 2.83. The number of benzene rings is 3. The first-order valence-corrected chi connectivity index (χ1v) is 10.9. The molecular formula is C26H26O7. The Morgan fingerprint density at radius 3 is 1.48 bits per heavy atom. The molecule has 3 aromatic rings. The van der Waals surface area contributed by atoms with Crippen LogP contribution in [0.15, 0.2) is 60.2 Å². The van der Waals surface area contributed by atoms with Crippen LogP contribution in [0, 0.1) is 0 Å². The minimum atomic E-state index is -0.759. The summed E-state index contributed by atoms with van der Waals surface area (Å²) in [4.78, 5) is 25.8. The highest BCUT2D eigenvalue weighted by molar-refractivity contribution is 6.20. The van der Waals surface area contributed by atoms with Crippen LogP contribution in [0.3, 0.4) is 0 Å². The van der Waals surface area contributed by atoms with Crippen LogP contribution < -0.4 is 0 Å². The molecule has 172 valence electrons. The Morgan fingerprint density at radius 1 is 0.576 bits per heavy atom. The predicted octanol–water partition coefficient (Wildman–Crippen LogP) is 3.53. The lowest BCUT2D eigenvalue weighted by molar-refractivity contribution is -0.149.